The van der Waals surface area contributed by atoms with E-state index < -0.39 is 11.5 Å². The second kappa shape index (κ2) is 8.60. The van der Waals surface area contributed by atoms with Gasteiger partial charge in [-0.2, -0.15) is 0 Å². The molecule has 31 heavy (non-hydrogen) atoms. The number of carbonyl (C=O) groups excluding carboxylic acids is 2. The minimum absolute atomic E-state index is 0.0578. The third-order valence-corrected chi connectivity index (χ3v) is 5.46. The van der Waals surface area contributed by atoms with Crippen molar-refractivity contribution in [3.05, 3.63) is 87.7 Å². The van der Waals surface area contributed by atoms with Gasteiger partial charge in [0.25, 0.3) is 11.5 Å². The molecule has 0 saturated heterocycles. The minimum atomic E-state index is -0.435. The first-order valence-electron chi connectivity index (χ1n) is 10.4. The van der Waals surface area contributed by atoms with Crippen molar-refractivity contribution >= 4 is 17.5 Å². The highest BCUT2D eigenvalue weighted by Gasteiger charge is 2.29. The van der Waals surface area contributed by atoms with Crippen LogP contribution in [0.5, 0.6) is 0 Å². The fourth-order valence-electron chi connectivity index (χ4n) is 3.44. The van der Waals surface area contributed by atoms with Crippen molar-refractivity contribution < 1.29 is 9.59 Å². The Morgan fingerprint density at radius 2 is 1.77 bits per heavy atom. The minimum Gasteiger partial charge on any atom is -0.345 e. The summed E-state index contributed by atoms with van der Waals surface area (Å²) in [4.78, 5) is 39.8. The molecule has 1 heterocycles. The van der Waals surface area contributed by atoms with E-state index in [-0.39, 0.29) is 23.4 Å². The van der Waals surface area contributed by atoms with Crippen molar-refractivity contribution in [2.75, 3.05) is 5.32 Å². The largest absolute Gasteiger partial charge is 0.345 e. The van der Waals surface area contributed by atoms with Gasteiger partial charge < -0.3 is 15.6 Å². The molecule has 158 valence electrons. The van der Waals surface area contributed by atoms with E-state index in [9.17, 15) is 14.4 Å². The quantitative estimate of drug-likeness (QED) is 0.564. The second-order valence-corrected chi connectivity index (χ2v) is 8.06. The van der Waals surface area contributed by atoms with Crippen molar-refractivity contribution in [3.8, 4) is 11.3 Å². The number of hydrogen-bond donors (Lipinski definition) is 3. The van der Waals surface area contributed by atoms with Gasteiger partial charge in [0.2, 0.25) is 5.91 Å². The molecule has 6 heteroatoms. The number of rotatable bonds is 6. The van der Waals surface area contributed by atoms with E-state index in [1.54, 1.807) is 12.1 Å². The summed E-state index contributed by atoms with van der Waals surface area (Å²) in [5.41, 5.74) is 3.91. The molecule has 1 fully saturated rings. The number of pyridine rings is 1. The Bertz CT molecular complexity index is 1180. The zero-order valence-corrected chi connectivity index (χ0v) is 17.6. The fourth-order valence-corrected chi connectivity index (χ4v) is 3.44. The van der Waals surface area contributed by atoms with Crippen LogP contribution in [0.2, 0.25) is 0 Å². The maximum absolute atomic E-state index is 12.7. The number of H-pyrrole nitrogens is 1. The normalized spacial score (nSPS) is 14.0. The van der Waals surface area contributed by atoms with Crippen LogP contribution in [0.25, 0.3) is 11.3 Å². The van der Waals surface area contributed by atoms with Crippen molar-refractivity contribution in [2.24, 2.45) is 5.92 Å². The van der Waals surface area contributed by atoms with E-state index >= 15 is 0 Å². The number of aromatic amines is 1. The van der Waals surface area contributed by atoms with E-state index in [4.69, 9.17) is 0 Å². The van der Waals surface area contributed by atoms with Crippen LogP contribution in [-0.2, 0) is 4.79 Å². The van der Waals surface area contributed by atoms with Gasteiger partial charge in [0.15, 0.2) is 0 Å². The van der Waals surface area contributed by atoms with Gasteiger partial charge in [0, 0.05) is 17.3 Å². The summed E-state index contributed by atoms with van der Waals surface area (Å²) in [7, 11) is 0. The molecule has 4 rings (SSSR count). The number of anilines is 1. The third kappa shape index (κ3) is 4.91. The van der Waals surface area contributed by atoms with Crippen LogP contribution in [0.1, 0.15) is 47.3 Å². The molecule has 0 aliphatic heterocycles. The maximum atomic E-state index is 12.7. The lowest BCUT2D eigenvalue weighted by Gasteiger charge is -2.15. The predicted molar refractivity (Wildman–Crippen MR) is 121 cm³/mol. The molecule has 3 N–H and O–H groups in total. The summed E-state index contributed by atoms with van der Waals surface area (Å²) < 4.78 is 0. The molecular weight excluding hydrogens is 390 g/mol. The molecule has 2 amide bonds. The van der Waals surface area contributed by atoms with Crippen molar-refractivity contribution in [1.29, 1.82) is 0 Å². The average Bonchev–Trinajstić information content (AvgIpc) is 3.59. The Hall–Kier alpha value is -3.67. The predicted octanol–water partition coefficient (Wildman–Crippen LogP) is 4.19. The van der Waals surface area contributed by atoms with Gasteiger partial charge in [-0.1, -0.05) is 35.9 Å². The maximum Gasteiger partial charge on any atom is 0.261 e. The summed E-state index contributed by atoms with van der Waals surface area (Å²) in [6, 6.07) is 18.2. The highest BCUT2D eigenvalue weighted by Crippen LogP contribution is 2.30. The highest BCUT2D eigenvalue weighted by atomic mass is 16.2. The molecule has 0 bridgehead atoms. The topological polar surface area (TPSA) is 91.1 Å². The van der Waals surface area contributed by atoms with Crippen molar-refractivity contribution in [2.45, 2.75) is 32.7 Å². The lowest BCUT2D eigenvalue weighted by Crippen LogP contribution is -2.31. The van der Waals surface area contributed by atoms with Crippen LogP contribution in [0.4, 0.5) is 5.69 Å². The summed E-state index contributed by atoms with van der Waals surface area (Å²) in [5, 5.41) is 5.76. The molecule has 3 aromatic rings. The number of nitrogens with one attached hydrogen (secondary N) is 3. The van der Waals surface area contributed by atoms with Crippen LogP contribution in [0.15, 0.2) is 65.5 Å². The zero-order valence-electron chi connectivity index (χ0n) is 17.6. The first-order chi connectivity index (χ1) is 14.9. The summed E-state index contributed by atoms with van der Waals surface area (Å²) in [6.07, 6.45) is 1.91. The summed E-state index contributed by atoms with van der Waals surface area (Å²) in [6.45, 7) is 3.84. The lowest BCUT2D eigenvalue weighted by molar-refractivity contribution is -0.117. The van der Waals surface area contributed by atoms with Crippen LogP contribution >= 0.6 is 0 Å². The second-order valence-electron chi connectivity index (χ2n) is 8.06. The molecule has 1 unspecified atom stereocenters. The van der Waals surface area contributed by atoms with Crippen LogP contribution in [0.3, 0.4) is 0 Å². The molecule has 0 radical (unpaired) electrons. The first kappa shape index (κ1) is 20.6. The number of amides is 2. The molecule has 1 saturated carbocycles. The number of carbonyl (C=O) groups is 2. The summed E-state index contributed by atoms with van der Waals surface area (Å²) >= 11 is 0. The Kier molecular flexibility index (Phi) is 5.71. The SMILES string of the molecule is Cc1cccc(-c2ccc(C(=O)NC(C)c3ccc(NC(=O)C4CC4)cc3)c(=O)[nH]2)c1. The standard InChI is InChI=1S/C25H25N3O3/c1-15-4-3-5-19(14-15)22-13-12-21(25(31)28-22)24(30)26-16(2)17-8-10-20(11-9-17)27-23(29)18-6-7-18/h3-5,8-14,16,18H,6-7H2,1-2H3,(H,26,30)(H,27,29)(H,28,31). The van der Waals surface area contributed by atoms with Crippen LogP contribution in [0, 0.1) is 12.8 Å². The van der Waals surface area contributed by atoms with Crippen molar-refractivity contribution in [3.63, 3.8) is 0 Å². The summed E-state index contributed by atoms with van der Waals surface area (Å²) in [5.74, 6) is -0.230. The van der Waals surface area contributed by atoms with E-state index in [1.807, 2.05) is 62.4 Å². The van der Waals surface area contributed by atoms with E-state index in [0.717, 1.165) is 35.2 Å². The third-order valence-electron chi connectivity index (χ3n) is 5.46. The van der Waals surface area contributed by atoms with Gasteiger partial charge in [0.05, 0.1) is 6.04 Å². The van der Waals surface area contributed by atoms with Gasteiger partial charge in [-0.25, -0.2) is 0 Å². The van der Waals surface area contributed by atoms with Gasteiger partial charge in [-0.15, -0.1) is 0 Å². The molecule has 6 nitrogen and oxygen atoms in total. The fraction of sp³-hybridized carbons (Fsp3) is 0.240. The molecule has 1 aliphatic carbocycles. The lowest BCUT2D eigenvalue weighted by atomic mass is 10.1. The smallest absolute Gasteiger partial charge is 0.261 e. The molecule has 2 aromatic carbocycles. The number of benzene rings is 2. The van der Waals surface area contributed by atoms with Gasteiger partial charge >= 0.3 is 0 Å². The number of aromatic nitrogens is 1. The van der Waals surface area contributed by atoms with Crippen molar-refractivity contribution in [1.82, 2.24) is 10.3 Å². The average molecular weight is 415 g/mol. The highest BCUT2D eigenvalue weighted by molar-refractivity contribution is 5.95. The van der Waals surface area contributed by atoms with Gasteiger partial charge in [-0.05, 0) is 68.1 Å². The van der Waals surface area contributed by atoms with Crippen LogP contribution < -0.4 is 16.2 Å². The molecule has 1 aromatic heterocycles. The Morgan fingerprint density at radius 1 is 1.03 bits per heavy atom. The van der Waals surface area contributed by atoms with Crippen LogP contribution in [-0.4, -0.2) is 16.8 Å². The Labute approximate surface area is 180 Å². The van der Waals surface area contributed by atoms with E-state index in [1.165, 1.54) is 0 Å². The molecule has 1 aliphatic rings. The number of aryl methyl sites for hydroxylation is 1. The zero-order chi connectivity index (χ0) is 22.0. The Morgan fingerprint density at radius 3 is 2.42 bits per heavy atom. The molecule has 1 atom stereocenters. The van der Waals surface area contributed by atoms with Gasteiger partial charge in [-0.3, -0.25) is 14.4 Å². The molecule has 0 spiro atoms. The van der Waals surface area contributed by atoms with Gasteiger partial charge in [0.1, 0.15) is 5.56 Å². The monoisotopic (exact) mass is 415 g/mol. The molecular formula is C25H25N3O3. The van der Waals surface area contributed by atoms with E-state index in [0.29, 0.717) is 5.69 Å². The first-order valence-corrected chi connectivity index (χ1v) is 10.4. The number of hydrogen-bond acceptors (Lipinski definition) is 3. The Balaban J connectivity index is 1.42. The van der Waals surface area contributed by atoms with E-state index in [2.05, 4.69) is 15.6 Å².